The predicted molar refractivity (Wildman–Crippen MR) is 80.6 cm³/mol. The summed E-state index contributed by atoms with van der Waals surface area (Å²) in [7, 11) is 0. The molecule has 1 aromatic carbocycles. The number of anilines is 1. The average molecular weight is 290 g/mol. The molecule has 21 heavy (non-hydrogen) atoms. The minimum atomic E-state index is -0.385. The Morgan fingerprint density at radius 1 is 1.38 bits per heavy atom. The van der Waals surface area contributed by atoms with E-state index in [9.17, 15) is 9.59 Å². The van der Waals surface area contributed by atoms with Gasteiger partial charge >= 0.3 is 0 Å². The molecule has 0 saturated carbocycles. The topological polar surface area (TPSA) is 69.6 Å². The van der Waals surface area contributed by atoms with Gasteiger partial charge in [-0.05, 0) is 37.0 Å². The molecule has 1 unspecified atom stereocenters. The van der Waals surface area contributed by atoms with Crippen LogP contribution in [0.1, 0.15) is 38.2 Å². The van der Waals surface area contributed by atoms with E-state index in [0.29, 0.717) is 25.1 Å². The van der Waals surface area contributed by atoms with Crippen LogP contribution in [0, 0.1) is 0 Å². The number of hydrogen-bond donors (Lipinski definition) is 2. The number of amides is 2. The highest BCUT2D eigenvalue weighted by atomic mass is 16.3. The highest BCUT2D eigenvalue weighted by Crippen LogP contribution is 2.20. The minimum absolute atomic E-state index is 0.0268. The molecule has 114 valence electrons. The lowest BCUT2D eigenvalue weighted by Crippen LogP contribution is -2.49. The monoisotopic (exact) mass is 290 g/mol. The number of carbonyl (C=O) groups is 2. The molecule has 2 rings (SSSR count). The quantitative estimate of drug-likeness (QED) is 0.890. The molecule has 0 spiro atoms. The molecular weight excluding hydrogens is 268 g/mol. The fourth-order valence-electron chi connectivity index (χ4n) is 2.68. The van der Waals surface area contributed by atoms with Crippen LogP contribution in [0.2, 0.25) is 0 Å². The van der Waals surface area contributed by atoms with E-state index in [1.165, 1.54) is 0 Å². The van der Waals surface area contributed by atoms with Crippen molar-refractivity contribution < 1.29 is 14.7 Å². The van der Waals surface area contributed by atoms with Crippen LogP contribution in [-0.4, -0.2) is 34.4 Å². The van der Waals surface area contributed by atoms with Crippen LogP contribution in [0.25, 0.3) is 0 Å². The van der Waals surface area contributed by atoms with Gasteiger partial charge in [0.1, 0.15) is 6.04 Å². The Labute approximate surface area is 125 Å². The summed E-state index contributed by atoms with van der Waals surface area (Å²) in [6.45, 7) is 2.41. The Morgan fingerprint density at radius 2 is 2.19 bits per heavy atom. The largest absolute Gasteiger partial charge is 0.392 e. The maximum Gasteiger partial charge on any atom is 0.247 e. The van der Waals surface area contributed by atoms with Crippen molar-refractivity contribution in [1.82, 2.24) is 4.90 Å². The molecule has 1 heterocycles. The number of benzene rings is 1. The van der Waals surface area contributed by atoms with Gasteiger partial charge in [-0.25, -0.2) is 0 Å². The number of carbonyl (C=O) groups excluding carboxylic acids is 2. The van der Waals surface area contributed by atoms with Crippen LogP contribution in [0.3, 0.4) is 0 Å². The van der Waals surface area contributed by atoms with Crippen LogP contribution < -0.4 is 5.32 Å². The molecule has 2 N–H and O–H groups in total. The van der Waals surface area contributed by atoms with Gasteiger partial charge in [0, 0.05) is 18.7 Å². The summed E-state index contributed by atoms with van der Waals surface area (Å²) in [5.41, 5.74) is 1.40. The van der Waals surface area contributed by atoms with Gasteiger partial charge in [0.05, 0.1) is 6.61 Å². The second-order valence-electron chi connectivity index (χ2n) is 5.30. The smallest absolute Gasteiger partial charge is 0.247 e. The lowest BCUT2D eigenvalue weighted by atomic mass is 10.0. The Balaban J connectivity index is 2.08. The first kappa shape index (κ1) is 15.5. The van der Waals surface area contributed by atoms with Crippen LogP contribution >= 0.6 is 0 Å². The highest BCUT2D eigenvalue weighted by Gasteiger charge is 2.31. The van der Waals surface area contributed by atoms with Gasteiger partial charge < -0.3 is 15.3 Å². The SMILES string of the molecule is CCC(=O)N1CCCCC1C(=O)Nc1cccc(CO)c1. The first-order valence-electron chi connectivity index (χ1n) is 7.46. The lowest BCUT2D eigenvalue weighted by Gasteiger charge is -2.34. The highest BCUT2D eigenvalue weighted by molar-refractivity contribution is 5.97. The zero-order valence-electron chi connectivity index (χ0n) is 12.3. The normalized spacial score (nSPS) is 18.4. The van der Waals surface area contributed by atoms with Gasteiger partial charge in [-0.1, -0.05) is 19.1 Å². The number of hydrogen-bond acceptors (Lipinski definition) is 3. The third kappa shape index (κ3) is 3.82. The summed E-state index contributed by atoms with van der Waals surface area (Å²) in [6, 6.07) is 6.72. The first-order valence-corrected chi connectivity index (χ1v) is 7.46. The summed E-state index contributed by atoms with van der Waals surface area (Å²) in [5.74, 6) is -0.120. The molecule has 1 aliphatic rings. The molecule has 1 aliphatic heterocycles. The Kier molecular flexibility index (Phi) is 5.33. The Hall–Kier alpha value is -1.88. The fraction of sp³-hybridized carbons (Fsp3) is 0.500. The van der Waals surface area contributed by atoms with Crippen LogP contribution in [-0.2, 0) is 16.2 Å². The summed E-state index contributed by atoms with van der Waals surface area (Å²) in [6.07, 6.45) is 3.04. The van der Waals surface area contributed by atoms with Gasteiger partial charge in [-0.15, -0.1) is 0 Å². The molecule has 0 radical (unpaired) electrons. The number of likely N-dealkylation sites (tertiary alicyclic amines) is 1. The van der Waals surface area contributed by atoms with Gasteiger partial charge in [-0.2, -0.15) is 0 Å². The van der Waals surface area contributed by atoms with E-state index in [2.05, 4.69) is 5.32 Å². The summed E-state index contributed by atoms with van der Waals surface area (Å²) in [5, 5.41) is 12.0. The van der Waals surface area contributed by atoms with Crippen molar-refractivity contribution >= 4 is 17.5 Å². The summed E-state index contributed by atoms with van der Waals surface area (Å²) >= 11 is 0. The minimum Gasteiger partial charge on any atom is -0.392 e. The number of rotatable bonds is 4. The van der Waals surface area contributed by atoms with Crippen molar-refractivity contribution in [2.45, 2.75) is 45.3 Å². The number of nitrogens with one attached hydrogen (secondary N) is 1. The average Bonchev–Trinajstić information content (AvgIpc) is 2.54. The maximum atomic E-state index is 12.4. The number of aliphatic hydroxyl groups excluding tert-OH is 1. The second kappa shape index (κ2) is 7.22. The standard InChI is InChI=1S/C16H22N2O3/c1-2-15(20)18-9-4-3-8-14(18)16(21)17-13-7-5-6-12(10-13)11-19/h5-7,10,14,19H,2-4,8-9,11H2,1H3,(H,17,21). The Morgan fingerprint density at radius 3 is 2.90 bits per heavy atom. The van der Waals surface area contributed by atoms with Crippen LogP contribution in [0.4, 0.5) is 5.69 Å². The molecule has 2 amide bonds. The second-order valence-corrected chi connectivity index (χ2v) is 5.30. The van der Waals surface area contributed by atoms with E-state index in [0.717, 1.165) is 18.4 Å². The fourth-order valence-corrected chi connectivity index (χ4v) is 2.68. The molecule has 5 nitrogen and oxygen atoms in total. The molecule has 1 fully saturated rings. The van der Waals surface area contributed by atoms with E-state index < -0.39 is 0 Å². The van der Waals surface area contributed by atoms with Crippen molar-refractivity contribution in [3.05, 3.63) is 29.8 Å². The number of piperidine rings is 1. The molecule has 0 bridgehead atoms. The first-order chi connectivity index (χ1) is 10.2. The molecule has 1 saturated heterocycles. The van der Waals surface area contributed by atoms with Gasteiger partial charge in [0.15, 0.2) is 0 Å². The third-order valence-electron chi connectivity index (χ3n) is 3.81. The van der Waals surface area contributed by atoms with Gasteiger partial charge in [-0.3, -0.25) is 9.59 Å². The van der Waals surface area contributed by atoms with Crippen molar-refractivity contribution in [2.75, 3.05) is 11.9 Å². The molecule has 1 atom stereocenters. The molecule has 0 aromatic heterocycles. The van der Waals surface area contributed by atoms with Gasteiger partial charge in [0.2, 0.25) is 11.8 Å². The summed E-state index contributed by atoms with van der Waals surface area (Å²) in [4.78, 5) is 26.1. The van der Waals surface area contributed by atoms with Crippen LogP contribution in [0.15, 0.2) is 24.3 Å². The van der Waals surface area contributed by atoms with Crippen LogP contribution in [0.5, 0.6) is 0 Å². The molecule has 0 aliphatic carbocycles. The van der Waals surface area contributed by atoms with E-state index >= 15 is 0 Å². The van der Waals surface area contributed by atoms with Crippen molar-refractivity contribution in [2.24, 2.45) is 0 Å². The molecule has 1 aromatic rings. The predicted octanol–water partition coefficient (Wildman–Crippen LogP) is 1.91. The van der Waals surface area contributed by atoms with Gasteiger partial charge in [0.25, 0.3) is 0 Å². The zero-order valence-corrected chi connectivity index (χ0v) is 12.3. The molecule has 5 heteroatoms. The zero-order chi connectivity index (χ0) is 15.2. The third-order valence-corrected chi connectivity index (χ3v) is 3.81. The van der Waals surface area contributed by atoms with E-state index in [1.807, 2.05) is 6.92 Å². The Bertz CT molecular complexity index is 516. The van der Waals surface area contributed by atoms with Crippen molar-refractivity contribution in [3.63, 3.8) is 0 Å². The van der Waals surface area contributed by atoms with Crippen molar-refractivity contribution in [3.8, 4) is 0 Å². The maximum absolute atomic E-state index is 12.4. The van der Waals surface area contributed by atoms with E-state index in [4.69, 9.17) is 5.11 Å². The van der Waals surface area contributed by atoms with E-state index in [1.54, 1.807) is 29.2 Å². The lowest BCUT2D eigenvalue weighted by molar-refractivity contribution is -0.140. The number of aliphatic hydroxyl groups is 1. The summed E-state index contributed by atoms with van der Waals surface area (Å²) < 4.78 is 0. The van der Waals surface area contributed by atoms with Crippen molar-refractivity contribution in [1.29, 1.82) is 0 Å². The molecular formula is C16H22N2O3. The number of nitrogens with zero attached hydrogens (tertiary/aromatic N) is 1. The van der Waals surface area contributed by atoms with E-state index in [-0.39, 0.29) is 24.5 Å².